The number of nitrogens with zero attached hydrogens (tertiary/aromatic N) is 1. The maximum Gasteiger partial charge on any atom is 0.390 e. The maximum atomic E-state index is 13.5. The smallest absolute Gasteiger partial charge is 0.314 e. The molecule has 1 heterocycles. The molecule has 0 radical (unpaired) electrons. The minimum absolute atomic E-state index is 0.628. The Bertz CT molecular complexity index is 1110. The second-order valence-corrected chi connectivity index (χ2v) is 7.63. The molecule has 0 spiro atoms. The molecule has 1 atom stereocenters. The van der Waals surface area contributed by atoms with Crippen molar-refractivity contribution in [2.75, 3.05) is 26.2 Å². The van der Waals surface area contributed by atoms with Crippen molar-refractivity contribution >= 4 is 32.3 Å². The Morgan fingerprint density at radius 3 is 2.11 bits per heavy atom. The Labute approximate surface area is 161 Å². The van der Waals surface area contributed by atoms with Crippen LogP contribution in [0.5, 0.6) is 0 Å². The fourth-order valence-electron chi connectivity index (χ4n) is 4.70. The normalized spacial score (nSPS) is 17.7. The van der Waals surface area contributed by atoms with Crippen molar-refractivity contribution in [2.45, 2.75) is 18.6 Å². The quantitative estimate of drug-likeness (QED) is 0.472. The van der Waals surface area contributed by atoms with Gasteiger partial charge in [-0.1, -0.05) is 54.6 Å². The van der Waals surface area contributed by atoms with E-state index >= 15 is 0 Å². The third kappa shape index (κ3) is 2.99. The van der Waals surface area contributed by atoms with Crippen LogP contribution in [0.4, 0.5) is 13.2 Å². The van der Waals surface area contributed by atoms with Crippen LogP contribution in [-0.4, -0.2) is 37.3 Å². The lowest BCUT2D eigenvalue weighted by atomic mass is 9.88. The number of alkyl halides is 3. The first-order valence-corrected chi connectivity index (χ1v) is 9.69. The van der Waals surface area contributed by atoms with Crippen molar-refractivity contribution in [2.24, 2.45) is 0 Å². The molecule has 4 aromatic rings. The molecule has 0 amide bonds. The predicted molar refractivity (Wildman–Crippen MR) is 108 cm³/mol. The van der Waals surface area contributed by atoms with E-state index in [1.807, 2.05) is 35.2 Å². The first-order valence-electron chi connectivity index (χ1n) is 9.69. The van der Waals surface area contributed by atoms with Crippen molar-refractivity contribution in [1.82, 2.24) is 10.2 Å². The second-order valence-electron chi connectivity index (χ2n) is 7.63. The Hall–Kier alpha value is -2.37. The van der Waals surface area contributed by atoms with Crippen LogP contribution >= 0.6 is 0 Å². The van der Waals surface area contributed by atoms with Crippen LogP contribution in [0, 0.1) is 0 Å². The first-order chi connectivity index (χ1) is 13.5. The molecule has 4 aromatic carbocycles. The van der Waals surface area contributed by atoms with E-state index in [1.54, 1.807) is 0 Å². The van der Waals surface area contributed by atoms with E-state index in [9.17, 15) is 13.2 Å². The fraction of sp³-hybridized carbons (Fsp3) is 0.304. The highest BCUT2D eigenvalue weighted by Gasteiger charge is 2.36. The van der Waals surface area contributed by atoms with Crippen molar-refractivity contribution < 1.29 is 13.2 Å². The summed E-state index contributed by atoms with van der Waals surface area (Å²) in [5.74, 6) is 0. The number of benzene rings is 4. The molecule has 0 aromatic heterocycles. The van der Waals surface area contributed by atoms with Gasteiger partial charge in [0.25, 0.3) is 0 Å². The summed E-state index contributed by atoms with van der Waals surface area (Å²) in [4.78, 5) is 1.98. The molecule has 0 aliphatic carbocycles. The van der Waals surface area contributed by atoms with Crippen LogP contribution in [-0.2, 0) is 0 Å². The van der Waals surface area contributed by atoms with Crippen molar-refractivity contribution in [3.63, 3.8) is 0 Å². The number of hydrogen-bond donors (Lipinski definition) is 1. The van der Waals surface area contributed by atoms with E-state index in [0.29, 0.717) is 13.1 Å². The summed E-state index contributed by atoms with van der Waals surface area (Å²) in [5.41, 5.74) is 0.782. The standard InChI is InChI=1S/C23H21F3N2/c24-23(25,26)14-20(28-12-10-27-11-13-28)18-8-6-17-5-4-15-2-1-3-16-7-9-19(18)22(17)21(15)16/h1-9,20,27H,10-14H2/t20-/m1/s1. The molecule has 2 nitrogen and oxygen atoms in total. The Kier molecular flexibility index (Phi) is 4.18. The molecule has 1 N–H and O–H groups in total. The van der Waals surface area contributed by atoms with E-state index in [0.717, 1.165) is 51.0 Å². The molecule has 5 rings (SSSR count). The minimum Gasteiger partial charge on any atom is -0.314 e. The molecule has 0 bridgehead atoms. The van der Waals surface area contributed by atoms with E-state index in [4.69, 9.17) is 0 Å². The van der Waals surface area contributed by atoms with Gasteiger partial charge in [-0.15, -0.1) is 0 Å². The van der Waals surface area contributed by atoms with E-state index in [1.165, 1.54) is 0 Å². The van der Waals surface area contributed by atoms with Crippen LogP contribution in [0.3, 0.4) is 0 Å². The van der Waals surface area contributed by atoms with Gasteiger partial charge in [0.05, 0.1) is 6.42 Å². The van der Waals surface area contributed by atoms with Gasteiger partial charge in [-0.05, 0) is 37.9 Å². The second kappa shape index (κ2) is 6.61. The number of hydrogen-bond acceptors (Lipinski definition) is 2. The SMILES string of the molecule is FC(F)(F)C[C@H](c1ccc2ccc3cccc4ccc1c2c34)N1CCNCC1. The largest absolute Gasteiger partial charge is 0.390 e. The fourth-order valence-corrected chi connectivity index (χ4v) is 4.70. The summed E-state index contributed by atoms with van der Waals surface area (Å²) in [6.45, 7) is 2.70. The molecule has 1 saturated heterocycles. The van der Waals surface area contributed by atoms with Gasteiger partial charge in [0, 0.05) is 32.2 Å². The van der Waals surface area contributed by atoms with Crippen molar-refractivity contribution in [3.8, 4) is 0 Å². The molecule has 1 aliphatic heterocycles. The third-order valence-corrected chi connectivity index (χ3v) is 5.94. The lowest BCUT2D eigenvalue weighted by molar-refractivity contribution is -0.148. The van der Waals surface area contributed by atoms with Gasteiger partial charge in [0.15, 0.2) is 0 Å². The van der Waals surface area contributed by atoms with Crippen molar-refractivity contribution in [1.29, 1.82) is 0 Å². The summed E-state index contributed by atoms with van der Waals surface area (Å²) in [5, 5.41) is 9.73. The van der Waals surface area contributed by atoms with Gasteiger partial charge in [-0.3, -0.25) is 4.90 Å². The molecule has 28 heavy (non-hydrogen) atoms. The summed E-state index contributed by atoms with van der Waals surface area (Å²) in [7, 11) is 0. The van der Waals surface area contributed by atoms with Gasteiger partial charge in [-0.2, -0.15) is 13.2 Å². The van der Waals surface area contributed by atoms with Crippen LogP contribution in [0.2, 0.25) is 0 Å². The number of halogens is 3. The average molecular weight is 382 g/mol. The zero-order chi connectivity index (χ0) is 19.3. The Morgan fingerprint density at radius 2 is 1.43 bits per heavy atom. The van der Waals surface area contributed by atoms with E-state index < -0.39 is 18.6 Å². The van der Waals surface area contributed by atoms with E-state index in [2.05, 4.69) is 29.6 Å². The average Bonchev–Trinajstić information content (AvgIpc) is 2.70. The summed E-state index contributed by atoms with van der Waals surface area (Å²) in [6.07, 6.45) is -5.03. The van der Waals surface area contributed by atoms with Crippen LogP contribution in [0.25, 0.3) is 32.3 Å². The molecule has 0 unspecified atom stereocenters. The van der Waals surface area contributed by atoms with Gasteiger partial charge in [-0.25, -0.2) is 0 Å². The zero-order valence-electron chi connectivity index (χ0n) is 15.4. The van der Waals surface area contributed by atoms with Gasteiger partial charge >= 0.3 is 6.18 Å². The molecule has 144 valence electrons. The topological polar surface area (TPSA) is 15.3 Å². The molecule has 0 saturated carbocycles. The minimum atomic E-state index is -4.21. The molecule has 1 aliphatic rings. The number of rotatable bonds is 3. The highest BCUT2D eigenvalue weighted by Crippen LogP contribution is 2.41. The molecule has 1 fully saturated rings. The Balaban J connectivity index is 1.75. The predicted octanol–water partition coefficient (Wildman–Crippen LogP) is 5.48. The number of nitrogens with one attached hydrogen (secondary N) is 1. The molecular formula is C23H21F3N2. The number of piperazine rings is 1. The monoisotopic (exact) mass is 382 g/mol. The lowest BCUT2D eigenvalue weighted by Gasteiger charge is -2.36. The van der Waals surface area contributed by atoms with Crippen LogP contribution in [0.1, 0.15) is 18.0 Å². The van der Waals surface area contributed by atoms with Gasteiger partial charge in [0.1, 0.15) is 0 Å². The first kappa shape index (κ1) is 17.7. The Morgan fingerprint density at radius 1 is 0.821 bits per heavy atom. The zero-order valence-corrected chi connectivity index (χ0v) is 15.4. The van der Waals surface area contributed by atoms with Crippen molar-refractivity contribution in [3.05, 3.63) is 60.2 Å². The van der Waals surface area contributed by atoms with Crippen LogP contribution < -0.4 is 5.32 Å². The highest BCUT2D eigenvalue weighted by molar-refractivity contribution is 6.23. The summed E-state index contributed by atoms with van der Waals surface area (Å²) >= 11 is 0. The lowest BCUT2D eigenvalue weighted by Crippen LogP contribution is -2.46. The van der Waals surface area contributed by atoms with Gasteiger partial charge in [0.2, 0.25) is 0 Å². The van der Waals surface area contributed by atoms with E-state index in [-0.39, 0.29) is 0 Å². The highest BCUT2D eigenvalue weighted by atomic mass is 19.4. The summed E-state index contributed by atoms with van der Waals surface area (Å²) < 4.78 is 40.5. The molecular weight excluding hydrogens is 361 g/mol. The maximum absolute atomic E-state index is 13.5. The summed E-state index contributed by atoms with van der Waals surface area (Å²) in [6, 6.07) is 17.6. The molecule has 5 heteroatoms. The third-order valence-electron chi connectivity index (χ3n) is 5.94. The van der Waals surface area contributed by atoms with Gasteiger partial charge < -0.3 is 5.32 Å². The van der Waals surface area contributed by atoms with Crippen LogP contribution in [0.15, 0.2) is 54.6 Å².